The summed E-state index contributed by atoms with van der Waals surface area (Å²) in [4.78, 5) is 28.9. The molecule has 0 saturated carbocycles. The Morgan fingerprint density at radius 1 is 1.25 bits per heavy atom. The van der Waals surface area contributed by atoms with Crippen LogP contribution in [0.5, 0.6) is 5.75 Å². The van der Waals surface area contributed by atoms with E-state index in [-0.39, 0.29) is 21.0 Å². The van der Waals surface area contributed by atoms with Crippen LogP contribution in [0.1, 0.15) is 12.8 Å². The third kappa shape index (κ3) is 2.90. The van der Waals surface area contributed by atoms with E-state index >= 15 is 0 Å². The van der Waals surface area contributed by atoms with Gasteiger partial charge in [-0.3, -0.25) is 19.2 Å². The van der Waals surface area contributed by atoms with Crippen LogP contribution in [0, 0.1) is 18.2 Å². The second-order valence-electron chi connectivity index (χ2n) is 6.20. The first-order chi connectivity index (χ1) is 13.3. The number of carbonyl (C=O) groups excluding carboxylic acids is 1. The molecular weight excluding hydrogens is 397 g/mol. The molecule has 1 aromatic heterocycles. The van der Waals surface area contributed by atoms with Crippen molar-refractivity contribution in [1.29, 1.82) is 0 Å². The molecule has 2 aliphatic rings. The second kappa shape index (κ2) is 6.56. The predicted octanol–water partition coefficient (Wildman–Crippen LogP) is 1.83. The van der Waals surface area contributed by atoms with Gasteiger partial charge in [-0.05, 0) is 30.2 Å². The standard InChI is InChI=1S/C17H13F3N4O3S/c1-2-5-22-12-9-11(10(18)8-13(12)27-17(19,20)14(22)25)21-15-23-6-3-4-7-24(23)16(26)28-15/h1,8-9H,3-7H2. The number of benzene rings is 1. The van der Waals surface area contributed by atoms with E-state index in [0.717, 1.165) is 36.3 Å². The summed E-state index contributed by atoms with van der Waals surface area (Å²) in [5.41, 5.74) is -0.329. The maximum absolute atomic E-state index is 14.5. The van der Waals surface area contributed by atoms with Crippen molar-refractivity contribution in [3.8, 4) is 18.1 Å². The molecule has 2 aliphatic heterocycles. The van der Waals surface area contributed by atoms with E-state index in [9.17, 15) is 22.8 Å². The maximum Gasteiger partial charge on any atom is 0.483 e. The summed E-state index contributed by atoms with van der Waals surface area (Å²) in [6, 6.07) is 1.84. The Labute approximate surface area is 160 Å². The number of carbonyl (C=O) groups is 1. The number of alkyl halides is 2. The lowest BCUT2D eigenvalue weighted by Crippen LogP contribution is -2.50. The number of terminal acetylenes is 1. The summed E-state index contributed by atoms with van der Waals surface area (Å²) < 4.78 is 49.6. The van der Waals surface area contributed by atoms with Gasteiger partial charge in [-0.25, -0.2) is 14.1 Å². The van der Waals surface area contributed by atoms with Crippen molar-refractivity contribution < 1.29 is 22.7 Å². The van der Waals surface area contributed by atoms with E-state index < -0.39 is 30.1 Å². The fraction of sp³-hybridized carbons (Fsp3) is 0.353. The van der Waals surface area contributed by atoms with Gasteiger partial charge in [0.05, 0.1) is 12.2 Å². The SMILES string of the molecule is C#CCN1C(=O)C(F)(F)Oc2cc(F)c(N=c3sc(=O)n4n3CCCC4)cc21. The molecule has 3 heterocycles. The van der Waals surface area contributed by atoms with E-state index in [4.69, 9.17) is 6.42 Å². The minimum Gasteiger partial charge on any atom is -0.423 e. The van der Waals surface area contributed by atoms with Crippen molar-refractivity contribution in [2.45, 2.75) is 32.0 Å². The Morgan fingerprint density at radius 2 is 1.96 bits per heavy atom. The van der Waals surface area contributed by atoms with Crippen LogP contribution in [-0.4, -0.2) is 27.9 Å². The molecule has 0 fully saturated rings. The Kier molecular flexibility index (Phi) is 4.30. The number of ether oxygens (including phenoxy) is 1. The summed E-state index contributed by atoms with van der Waals surface area (Å²) in [6.45, 7) is 0.658. The average molecular weight is 410 g/mol. The Bertz CT molecular complexity index is 1140. The van der Waals surface area contributed by atoms with E-state index in [0.29, 0.717) is 18.0 Å². The van der Waals surface area contributed by atoms with Crippen LogP contribution >= 0.6 is 11.3 Å². The first-order valence-corrected chi connectivity index (χ1v) is 9.15. The summed E-state index contributed by atoms with van der Waals surface area (Å²) in [5.74, 6) is -0.971. The van der Waals surface area contributed by atoms with Crippen LogP contribution in [0.4, 0.5) is 24.5 Å². The number of hydrogen-bond donors (Lipinski definition) is 0. The molecule has 1 aromatic carbocycles. The number of aromatic nitrogens is 2. The zero-order chi connectivity index (χ0) is 20.1. The van der Waals surface area contributed by atoms with Gasteiger partial charge in [-0.2, -0.15) is 8.78 Å². The van der Waals surface area contributed by atoms with E-state index in [2.05, 4.69) is 15.6 Å². The molecule has 1 amide bonds. The van der Waals surface area contributed by atoms with Crippen LogP contribution in [0.25, 0.3) is 0 Å². The van der Waals surface area contributed by atoms with Crippen molar-refractivity contribution in [3.63, 3.8) is 0 Å². The summed E-state index contributed by atoms with van der Waals surface area (Å²) >= 11 is 0.855. The molecule has 7 nitrogen and oxygen atoms in total. The number of amides is 1. The van der Waals surface area contributed by atoms with E-state index in [1.54, 1.807) is 4.68 Å². The molecule has 28 heavy (non-hydrogen) atoms. The highest BCUT2D eigenvalue weighted by molar-refractivity contribution is 7.06. The molecule has 0 atom stereocenters. The van der Waals surface area contributed by atoms with Crippen LogP contribution in [0.2, 0.25) is 0 Å². The lowest BCUT2D eigenvalue weighted by atomic mass is 10.2. The van der Waals surface area contributed by atoms with Crippen molar-refractivity contribution in [2.24, 2.45) is 4.99 Å². The van der Waals surface area contributed by atoms with E-state index in [1.165, 1.54) is 4.68 Å². The first kappa shape index (κ1) is 18.4. The van der Waals surface area contributed by atoms with Gasteiger partial charge >= 0.3 is 16.9 Å². The highest BCUT2D eigenvalue weighted by Gasteiger charge is 2.50. The number of anilines is 1. The maximum atomic E-state index is 14.5. The largest absolute Gasteiger partial charge is 0.483 e. The number of hydrogen-bond acceptors (Lipinski definition) is 5. The molecule has 4 rings (SSSR count). The van der Waals surface area contributed by atoms with Gasteiger partial charge < -0.3 is 4.74 Å². The van der Waals surface area contributed by atoms with Crippen molar-refractivity contribution in [3.05, 3.63) is 32.4 Å². The van der Waals surface area contributed by atoms with Crippen LogP contribution in [0.3, 0.4) is 0 Å². The molecule has 146 valence electrons. The summed E-state index contributed by atoms with van der Waals surface area (Å²) in [7, 11) is 0. The number of rotatable bonds is 2. The lowest BCUT2D eigenvalue weighted by molar-refractivity contribution is -0.192. The Balaban J connectivity index is 1.87. The lowest BCUT2D eigenvalue weighted by Gasteiger charge is -2.32. The van der Waals surface area contributed by atoms with Gasteiger partial charge in [-0.15, -0.1) is 6.42 Å². The average Bonchev–Trinajstić information content (AvgIpc) is 2.96. The summed E-state index contributed by atoms with van der Waals surface area (Å²) in [5, 5.41) is 0. The third-order valence-electron chi connectivity index (χ3n) is 4.41. The molecule has 0 aliphatic carbocycles. The normalized spacial score (nSPS) is 18.3. The zero-order valence-corrected chi connectivity index (χ0v) is 15.1. The predicted molar refractivity (Wildman–Crippen MR) is 94.2 cm³/mol. The van der Waals surface area contributed by atoms with Gasteiger partial charge in [0.1, 0.15) is 5.69 Å². The minimum atomic E-state index is -4.15. The molecule has 0 N–H and O–H groups in total. The number of nitrogens with zero attached hydrogens (tertiary/aromatic N) is 4. The molecule has 2 aromatic rings. The van der Waals surface area contributed by atoms with Crippen LogP contribution in [-0.2, 0) is 17.9 Å². The quantitative estimate of drug-likeness (QED) is 0.710. The van der Waals surface area contributed by atoms with Gasteiger partial charge in [0.2, 0.25) is 4.80 Å². The monoisotopic (exact) mass is 410 g/mol. The fourth-order valence-corrected chi connectivity index (χ4v) is 4.02. The van der Waals surface area contributed by atoms with Gasteiger partial charge in [0, 0.05) is 19.2 Å². The third-order valence-corrected chi connectivity index (χ3v) is 5.28. The minimum absolute atomic E-state index is 0.112. The highest BCUT2D eigenvalue weighted by Crippen LogP contribution is 2.42. The summed E-state index contributed by atoms with van der Waals surface area (Å²) in [6.07, 6.45) is 2.73. The fourth-order valence-electron chi connectivity index (χ4n) is 3.13. The number of halogens is 3. The van der Waals surface area contributed by atoms with Gasteiger partial charge in [0.15, 0.2) is 11.6 Å². The van der Waals surface area contributed by atoms with E-state index in [1.807, 2.05) is 0 Å². The Hall–Kier alpha value is -3.00. The molecule has 11 heteroatoms. The van der Waals surface area contributed by atoms with Crippen molar-refractivity contribution in [2.75, 3.05) is 11.4 Å². The van der Waals surface area contributed by atoms with Crippen LogP contribution < -0.4 is 19.3 Å². The molecule has 0 bridgehead atoms. The van der Waals surface area contributed by atoms with Gasteiger partial charge in [-0.1, -0.05) is 5.92 Å². The Morgan fingerprint density at radius 3 is 2.68 bits per heavy atom. The smallest absolute Gasteiger partial charge is 0.423 e. The molecule has 0 spiro atoms. The topological polar surface area (TPSA) is 68.8 Å². The second-order valence-corrected chi connectivity index (χ2v) is 7.12. The van der Waals surface area contributed by atoms with Crippen molar-refractivity contribution in [1.82, 2.24) is 9.36 Å². The first-order valence-electron chi connectivity index (χ1n) is 8.33. The highest BCUT2D eigenvalue weighted by atomic mass is 32.1. The number of fused-ring (bicyclic) bond motifs is 2. The van der Waals surface area contributed by atoms with Gasteiger partial charge in [0.25, 0.3) is 0 Å². The molecule has 0 saturated heterocycles. The molecule has 0 radical (unpaired) electrons. The van der Waals surface area contributed by atoms with Crippen LogP contribution in [0.15, 0.2) is 21.9 Å². The molecule has 0 unspecified atom stereocenters. The molecular formula is C17H13F3N4O3S. The zero-order valence-electron chi connectivity index (χ0n) is 14.3. The van der Waals surface area contributed by atoms with Crippen molar-refractivity contribution >= 4 is 28.6 Å².